The fraction of sp³-hybridized carbons (Fsp3) is 0.348. The SMILES string of the molecule is O=S(=O)(NCCCCN1CCN(c2noc3ccccc23)CC1)c1csc2ccccc12. The fourth-order valence-corrected chi connectivity index (χ4v) is 6.76. The number of anilines is 1. The second-order valence-electron chi connectivity index (χ2n) is 8.03. The van der Waals surface area contributed by atoms with Crippen LogP contribution in [0.5, 0.6) is 0 Å². The van der Waals surface area contributed by atoms with Crippen LogP contribution in [-0.4, -0.2) is 57.7 Å². The Kier molecular flexibility index (Phi) is 6.14. The molecule has 1 fully saturated rings. The summed E-state index contributed by atoms with van der Waals surface area (Å²) in [5.74, 6) is 0.926. The van der Waals surface area contributed by atoms with Gasteiger partial charge in [0.15, 0.2) is 11.4 Å². The number of hydrogen-bond donors (Lipinski definition) is 1. The van der Waals surface area contributed by atoms with E-state index in [-0.39, 0.29) is 0 Å². The summed E-state index contributed by atoms with van der Waals surface area (Å²) in [4.78, 5) is 5.09. The van der Waals surface area contributed by atoms with Gasteiger partial charge in [-0.2, -0.15) is 0 Å². The third kappa shape index (κ3) is 4.38. The molecule has 0 unspecified atom stereocenters. The second-order valence-corrected chi connectivity index (χ2v) is 10.7. The molecule has 0 bridgehead atoms. The van der Waals surface area contributed by atoms with E-state index in [1.165, 1.54) is 11.3 Å². The minimum Gasteiger partial charge on any atom is -0.354 e. The van der Waals surface area contributed by atoms with E-state index in [2.05, 4.69) is 19.7 Å². The van der Waals surface area contributed by atoms with Crippen LogP contribution in [0.25, 0.3) is 21.1 Å². The highest BCUT2D eigenvalue weighted by atomic mass is 32.2. The molecule has 1 N–H and O–H groups in total. The Morgan fingerprint density at radius 3 is 2.56 bits per heavy atom. The van der Waals surface area contributed by atoms with Gasteiger partial charge in [0.05, 0.1) is 5.39 Å². The maximum absolute atomic E-state index is 12.7. The first-order valence-corrected chi connectivity index (χ1v) is 13.3. The molecule has 2 aromatic heterocycles. The van der Waals surface area contributed by atoms with Gasteiger partial charge in [-0.05, 0) is 37.6 Å². The molecule has 9 heteroatoms. The number of nitrogens with one attached hydrogen (secondary N) is 1. The monoisotopic (exact) mass is 470 g/mol. The Bertz CT molecular complexity index is 1310. The summed E-state index contributed by atoms with van der Waals surface area (Å²) in [5, 5.41) is 7.84. The highest BCUT2D eigenvalue weighted by Gasteiger charge is 2.22. The van der Waals surface area contributed by atoms with Crippen LogP contribution < -0.4 is 9.62 Å². The number of benzene rings is 2. The molecular weight excluding hydrogens is 444 g/mol. The Labute approximate surface area is 191 Å². The summed E-state index contributed by atoms with van der Waals surface area (Å²) in [6.07, 6.45) is 1.77. The van der Waals surface area contributed by atoms with E-state index in [4.69, 9.17) is 4.52 Å². The van der Waals surface area contributed by atoms with E-state index in [0.29, 0.717) is 11.4 Å². The van der Waals surface area contributed by atoms with E-state index >= 15 is 0 Å². The van der Waals surface area contributed by atoms with E-state index in [0.717, 1.165) is 72.4 Å². The topological polar surface area (TPSA) is 78.7 Å². The number of hydrogen-bond acceptors (Lipinski definition) is 7. The van der Waals surface area contributed by atoms with Crippen LogP contribution in [0.4, 0.5) is 5.82 Å². The quantitative estimate of drug-likeness (QED) is 0.393. The summed E-state index contributed by atoms with van der Waals surface area (Å²) in [6.45, 7) is 5.18. The molecule has 4 aromatic rings. The van der Waals surface area contributed by atoms with E-state index < -0.39 is 10.0 Å². The first-order valence-electron chi connectivity index (χ1n) is 10.9. The number of nitrogens with zero attached hydrogens (tertiary/aromatic N) is 3. The average molecular weight is 471 g/mol. The van der Waals surface area contributed by atoms with Crippen molar-refractivity contribution in [3.05, 3.63) is 53.9 Å². The van der Waals surface area contributed by atoms with Gasteiger partial charge in [-0.1, -0.05) is 35.5 Å². The van der Waals surface area contributed by atoms with Crippen LogP contribution in [0.15, 0.2) is 63.3 Å². The van der Waals surface area contributed by atoms with Gasteiger partial charge in [-0.25, -0.2) is 13.1 Å². The van der Waals surface area contributed by atoms with Crippen LogP contribution in [0.3, 0.4) is 0 Å². The van der Waals surface area contributed by atoms with Gasteiger partial charge in [-0.3, -0.25) is 4.90 Å². The number of sulfonamides is 1. The van der Waals surface area contributed by atoms with E-state index in [1.807, 2.05) is 48.5 Å². The third-order valence-corrected chi connectivity index (χ3v) is 8.57. The van der Waals surface area contributed by atoms with Crippen molar-refractivity contribution in [3.8, 4) is 0 Å². The molecule has 0 saturated carbocycles. The Hall–Kier alpha value is -2.46. The molecule has 1 aliphatic rings. The van der Waals surface area contributed by atoms with Gasteiger partial charge in [0.1, 0.15) is 4.90 Å². The molecule has 1 saturated heterocycles. The van der Waals surface area contributed by atoms with Gasteiger partial charge in [0, 0.05) is 48.2 Å². The lowest BCUT2D eigenvalue weighted by Crippen LogP contribution is -2.46. The molecule has 0 aliphatic carbocycles. The normalized spacial score (nSPS) is 15.7. The lowest BCUT2D eigenvalue weighted by atomic mass is 10.2. The van der Waals surface area contributed by atoms with Gasteiger partial charge in [0.2, 0.25) is 10.0 Å². The number of aromatic nitrogens is 1. The van der Waals surface area contributed by atoms with E-state index in [1.54, 1.807) is 5.38 Å². The van der Waals surface area contributed by atoms with Crippen molar-refractivity contribution in [2.24, 2.45) is 0 Å². The first-order chi connectivity index (χ1) is 15.6. The fourth-order valence-electron chi connectivity index (χ4n) is 4.19. The molecule has 0 amide bonds. The minimum atomic E-state index is -3.47. The molecule has 0 spiro atoms. The van der Waals surface area contributed by atoms with Crippen molar-refractivity contribution >= 4 is 48.2 Å². The molecule has 168 valence electrons. The molecule has 32 heavy (non-hydrogen) atoms. The maximum atomic E-state index is 12.7. The Morgan fingerprint density at radius 1 is 0.969 bits per heavy atom. The van der Waals surface area contributed by atoms with Crippen molar-refractivity contribution < 1.29 is 12.9 Å². The summed E-state index contributed by atoms with van der Waals surface area (Å²) in [5.41, 5.74) is 0.822. The lowest BCUT2D eigenvalue weighted by Gasteiger charge is -2.34. The molecule has 7 nitrogen and oxygen atoms in total. The van der Waals surface area contributed by atoms with E-state index in [9.17, 15) is 8.42 Å². The van der Waals surface area contributed by atoms with Crippen molar-refractivity contribution in [1.29, 1.82) is 0 Å². The molecule has 5 rings (SSSR count). The minimum absolute atomic E-state index is 0.384. The van der Waals surface area contributed by atoms with Gasteiger partial charge in [-0.15, -0.1) is 11.3 Å². The van der Waals surface area contributed by atoms with Gasteiger partial charge < -0.3 is 9.42 Å². The third-order valence-electron chi connectivity index (χ3n) is 5.96. The van der Waals surface area contributed by atoms with Crippen molar-refractivity contribution in [2.75, 3.05) is 44.2 Å². The van der Waals surface area contributed by atoms with Crippen molar-refractivity contribution in [3.63, 3.8) is 0 Å². The van der Waals surface area contributed by atoms with Crippen LogP contribution in [0, 0.1) is 0 Å². The molecule has 1 aliphatic heterocycles. The van der Waals surface area contributed by atoms with Gasteiger partial charge in [0.25, 0.3) is 0 Å². The first kappa shape index (κ1) is 21.4. The smallest absolute Gasteiger partial charge is 0.242 e. The van der Waals surface area contributed by atoms with Gasteiger partial charge >= 0.3 is 0 Å². The number of rotatable bonds is 8. The van der Waals surface area contributed by atoms with Crippen molar-refractivity contribution in [1.82, 2.24) is 14.8 Å². The van der Waals surface area contributed by atoms with Crippen LogP contribution in [0.2, 0.25) is 0 Å². The number of fused-ring (bicyclic) bond motifs is 2. The Morgan fingerprint density at radius 2 is 1.72 bits per heavy atom. The molecule has 0 atom stereocenters. The molecule has 2 aromatic carbocycles. The average Bonchev–Trinajstić information content (AvgIpc) is 3.44. The zero-order valence-corrected chi connectivity index (χ0v) is 19.4. The molecule has 3 heterocycles. The zero-order chi connectivity index (χ0) is 22.0. The lowest BCUT2D eigenvalue weighted by molar-refractivity contribution is 0.252. The standard InChI is InChI=1S/C23H26N4O3S2/c28-32(29,22-17-31-21-10-4-2-8-19(21)22)24-11-5-6-12-26-13-15-27(16-14-26)23-18-7-1-3-9-20(18)30-25-23/h1-4,7-10,17,24H,5-6,11-16H2. The van der Waals surface area contributed by atoms with Crippen LogP contribution in [0.1, 0.15) is 12.8 Å². The predicted octanol–water partition coefficient (Wildman–Crippen LogP) is 3.92. The van der Waals surface area contributed by atoms with Crippen LogP contribution in [-0.2, 0) is 10.0 Å². The largest absolute Gasteiger partial charge is 0.354 e. The van der Waals surface area contributed by atoms with Crippen molar-refractivity contribution in [2.45, 2.75) is 17.7 Å². The summed E-state index contributed by atoms with van der Waals surface area (Å²) in [7, 11) is -3.47. The summed E-state index contributed by atoms with van der Waals surface area (Å²) >= 11 is 1.46. The second kappa shape index (κ2) is 9.19. The number of para-hydroxylation sites is 1. The molecular formula is C23H26N4O3S2. The number of unbranched alkanes of at least 4 members (excludes halogenated alkanes) is 1. The predicted molar refractivity (Wildman–Crippen MR) is 129 cm³/mol. The maximum Gasteiger partial charge on any atom is 0.242 e. The Balaban J connectivity index is 1.06. The number of piperazine rings is 1. The highest BCUT2D eigenvalue weighted by molar-refractivity contribution is 7.90. The zero-order valence-electron chi connectivity index (χ0n) is 17.7. The number of thiophene rings is 1. The van der Waals surface area contributed by atoms with Crippen LogP contribution >= 0.6 is 11.3 Å². The molecule has 0 radical (unpaired) electrons. The summed E-state index contributed by atoms with van der Waals surface area (Å²) in [6, 6.07) is 15.6. The highest BCUT2D eigenvalue weighted by Crippen LogP contribution is 2.29. The summed E-state index contributed by atoms with van der Waals surface area (Å²) < 4.78 is 34.6.